The van der Waals surface area contributed by atoms with E-state index in [0.717, 1.165) is 13.0 Å². The maximum Gasteiger partial charge on any atom is 0.160 e. The van der Waals surface area contributed by atoms with Crippen molar-refractivity contribution in [1.29, 1.82) is 0 Å². The van der Waals surface area contributed by atoms with Crippen molar-refractivity contribution in [2.45, 2.75) is 6.42 Å². The van der Waals surface area contributed by atoms with Crippen LogP contribution >= 0.6 is 0 Å². The molecule has 0 spiro atoms. The largest absolute Gasteiger partial charge is 0.504 e. The topological polar surface area (TPSA) is 58.9 Å². The van der Waals surface area contributed by atoms with Crippen molar-refractivity contribution in [3.05, 3.63) is 24.3 Å². The van der Waals surface area contributed by atoms with E-state index in [1.54, 1.807) is 18.2 Å². The normalized spacial score (nSPS) is 21.4. The summed E-state index contributed by atoms with van der Waals surface area (Å²) >= 11 is 0. The molecule has 1 aromatic carbocycles. The Morgan fingerprint density at radius 1 is 1.41 bits per heavy atom. The summed E-state index contributed by atoms with van der Waals surface area (Å²) in [7, 11) is 0. The molecule has 0 saturated carbocycles. The van der Waals surface area contributed by atoms with Crippen LogP contribution in [0.15, 0.2) is 24.3 Å². The molecule has 1 aliphatic heterocycles. The highest BCUT2D eigenvalue weighted by molar-refractivity contribution is 5.37. The van der Waals surface area contributed by atoms with Gasteiger partial charge < -0.3 is 19.7 Å². The monoisotopic (exact) mass is 238 g/mol. The zero-order valence-corrected chi connectivity index (χ0v) is 9.71. The molecule has 2 rings (SSSR count). The van der Waals surface area contributed by atoms with E-state index in [4.69, 9.17) is 9.47 Å². The summed E-state index contributed by atoms with van der Waals surface area (Å²) in [5, 5.41) is 18.9. The minimum absolute atomic E-state index is 0.0668. The molecule has 0 aliphatic carbocycles. The molecule has 4 nitrogen and oxygen atoms in total. The number of hydrogen-bond donors (Lipinski definition) is 2. The highest BCUT2D eigenvalue weighted by Gasteiger charge is 2.25. The van der Waals surface area contributed by atoms with Crippen LogP contribution < -0.4 is 4.74 Å². The lowest BCUT2D eigenvalue weighted by Crippen LogP contribution is -2.25. The van der Waals surface area contributed by atoms with Crippen molar-refractivity contribution in [2.75, 3.05) is 26.4 Å². The molecule has 1 saturated heterocycles. The molecule has 1 heterocycles. The first kappa shape index (κ1) is 12.2. The highest BCUT2D eigenvalue weighted by Crippen LogP contribution is 2.27. The number of hydrogen-bond acceptors (Lipinski definition) is 4. The van der Waals surface area contributed by atoms with Crippen LogP contribution in [0.3, 0.4) is 0 Å². The lowest BCUT2D eigenvalue weighted by molar-refractivity contribution is 0.101. The molecule has 1 fully saturated rings. The van der Waals surface area contributed by atoms with Gasteiger partial charge in [0, 0.05) is 25.7 Å². The summed E-state index contributed by atoms with van der Waals surface area (Å²) in [6.45, 7) is 1.94. The molecule has 4 heteroatoms. The second-order valence-corrected chi connectivity index (χ2v) is 4.35. The van der Waals surface area contributed by atoms with Gasteiger partial charge in [0.25, 0.3) is 0 Å². The standard InChI is InChI=1S/C13H18O4/c14-7-11(10-5-6-16-8-10)9-17-13-4-2-1-3-12(13)15/h1-4,10-11,14-15H,5-9H2. The van der Waals surface area contributed by atoms with Crippen molar-refractivity contribution in [3.8, 4) is 11.5 Å². The number of aliphatic hydroxyl groups is 1. The Labute approximate surface area is 101 Å². The molecule has 2 N–H and O–H groups in total. The number of aliphatic hydroxyl groups excluding tert-OH is 1. The van der Waals surface area contributed by atoms with Gasteiger partial charge >= 0.3 is 0 Å². The van der Waals surface area contributed by atoms with E-state index in [2.05, 4.69) is 0 Å². The van der Waals surface area contributed by atoms with Crippen molar-refractivity contribution in [1.82, 2.24) is 0 Å². The van der Waals surface area contributed by atoms with E-state index < -0.39 is 0 Å². The summed E-state index contributed by atoms with van der Waals surface area (Å²) in [6, 6.07) is 6.86. The van der Waals surface area contributed by atoms with Gasteiger partial charge in [-0.3, -0.25) is 0 Å². The van der Waals surface area contributed by atoms with Crippen LogP contribution in [0.4, 0.5) is 0 Å². The van der Waals surface area contributed by atoms with Gasteiger partial charge in [-0.25, -0.2) is 0 Å². The third-order valence-electron chi connectivity index (χ3n) is 3.18. The molecule has 17 heavy (non-hydrogen) atoms. The molecular formula is C13H18O4. The number of phenolic OH excluding ortho intramolecular Hbond substituents is 1. The number of phenols is 1. The lowest BCUT2D eigenvalue weighted by Gasteiger charge is -2.20. The number of aromatic hydroxyl groups is 1. The lowest BCUT2D eigenvalue weighted by atomic mass is 9.93. The molecular weight excluding hydrogens is 220 g/mol. The Kier molecular flexibility index (Phi) is 4.23. The van der Waals surface area contributed by atoms with Gasteiger partial charge in [0.15, 0.2) is 11.5 Å². The molecule has 2 unspecified atom stereocenters. The fraction of sp³-hybridized carbons (Fsp3) is 0.538. The Morgan fingerprint density at radius 2 is 2.24 bits per heavy atom. The van der Waals surface area contributed by atoms with Crippen molar-refractivity contribution < 1.29 is 19.7 Å². The fourth-order valence-electron chi connectivity index (χ4n) is 2.04. The van der Waals surface area contributed by atoms with E-state index in [9.17, 15) is 10.2 Å². The Morgan fingerprint density at radius 3 is 2.88 bits per heavy atom. The van der Waals surface area contributed by atoms with Crippen LogP contribution in [0.2, 0.25) is 0 Å². The van der Waals surface area contributed by atoms with Crippen LogP contribution in [-0.4, -0.2) is 36.6 Å². The van der Waals surface area contributed by atoms with Gasteiger partial charge in [0.2, 0.25) is 0 Å². The highest BCUT2D eigenvalue weighted by atomic mass is 16.5. The molecule has 0 radical (unpaired) electrons. The Balaban J connectivity index is 1.89. The number of rotatable bonds is 5. The maximum atomic E-state index is 9.55. The fourth-order valence-corrected chi connectivity index (χ4v) is 2.04. The van der Waals surface area contributed by atoms with E-state index in [1.165, 1.54) is 0 Å². The predicted octanol–water partition coefficient (Wildman–Crippen LogP) is 1.42. The third-order valence-corrected chi connectivity index (χ3v) is 3.18. The van der Waals surface area contributed by atoms with Crippen LogP contribution in [0.25, 0.3) is 0 Å². The summed E-state index contributed by atoms with van der Waals surface area (Å²) in [4.78, 5) is 0. The smallest absolute Gasteiger partial charge is 0.160 e. The number of para-hydroxylation sites is 2. The predicted molar refractivity (Wildman–Crippen MR) is 63.1 cm³/mol. The zero-order valence-electron chi connectivity index (χ0n) is 9.71. The quantitative estimate of drug-likeness (QED) is 0.814. The van der Waals surface area contributed by atoms with Gasteiger partial charge in [-0.05, 0) is 24.5 Å². The van der Waals surface area contributed by atoms with E-state index in [-0.39, 0.29) is 18.3 Å². The molecule has 94 valence electrons. The van der Waals surface area contributed by atoms with Gasteiger partial charge in [-0.1, -0.05) is 12.1 Å². The van der Waals surface area contributed by atoms with Crippen LogP contribution in [0, 0.1) is 11.8 Å². The molecule has 0 aromatic heterocycles. The van der Waals surface area contributed by atoms with E-state index in [1.807, 2.05) is 6.07 Å². The molecule has 0 amide bonds. The molecule has 1 aliphatic rings. The molecule has 0 bridgehead atoms. The first-order chi connectivity index (χ1) is 8.31. The summed E-state index contributed by atoms with van der Waals surface area (Å²) < 4.78 is 10.8. The number of ether oxygens (including phenoxy) is 2. The van der Waals surface area contributed by atoms with Gasteiger partial charge in [0.05, 0.1) is 6.61 Å². The summed E-state index contributed by atoms with van der Waals surface area (Å²) in [5.41, 5.74) is 0. The van der Waals surface area contributed by atoms with Gasteiger partial charge in [-0.15, -0.1) is 0 Å². The second-order valence-electron chi connectivity index (χ2n) is 4.35. The first-order valence-electron chi connectivity index (χ1n) is 5.90. The van der Waals surface area contributed by atoms with Crippen LogP contribution in [0.1, 0.15) is 6.42 Å². The van der Waals surface area contributed by atoms with Crippen LogP contribution in [-0.2, 0) is 4.74 Å². The van der Waals surface area contributed by atoms with Crippen molar-refractivity contribution in [2.24, 2.45) is 11.8 Å². The molecule has 2 atom stereocenters. The zero-order chi connectivity index (χ0) is 12.1. The average molecular weight is 238 g/mol. The number of benzene rings is 1. The minimum Gasteiger partial charge on any atom is -0.504 e. The van der Waals surface area contributed by atoms with Gasteiger partial charge in [0.1, 0.15) is 0 Å². The van der Waals surface area contributed by atoms with Crippen LogP contribution in [0.5, 0.6) is 11.5 Å². The minimum atomic E-state index is 0.0668. The summed E-state index contributed by atoms with van der Waals surface area (Å²) in [5.74, 6) is 1.01. The SMILES string of the molecule is OCC(COc1ccccc1O)C1CCOC1. The Bertz CT molecular complexity index is 347. The average Bonchev–Trinajstić information content (AvgIpc) is 2.86. The van der Waals surface area contributed by atoms with Crippen molar-refractivity contribution >= 4 is 0 Å². The summed E-state index contributed by atoms with van der Waals surface area (Å²) in [6.07, 6.45) is 0.968. The first-order valence-corrected chi connectivity index (χ1v) is 5.90. The maximum absolute atomic E-state index is 9.55. The van der Waals surface area contributed by atoms with E-state index in [0.29, 0.717) is 24.9 Å². The van der Waals surface area contributed by atoms with Gasteiger partial charge in [-0.2, -0.15) is 0 Å². The van der Waals surface area contributed by atoms with E-state index >= 15 is 0 Å². The second kappa shape index (κ2) is 5.89. The van der Waals surface area contributed by atoms with Crippen molar-refractivity contribution in [3.63, 3.8) is 0 Å². The third kappa shape index (κ3) is 3.11. The molecule has 1 aromatic rings. The Hall–Kier alpha value is -1.26.